The first-order valence-corrected chi connectivity index (χ1v) is 5.85. The molecule has 0 radical (unpaired) electrons. The van der Waals surface area contributed by atoms with Crippen LogP contribution in [0.25, 0.3) is 0 Å². The van der Waals surface area contributed by atoms with E-state index < -0.39 is 12.2 Å². The van der Waals surface area contributed by atoms with Crippen LogP contribution in [0.5, 0.6) is 11.5 Å². The maximum Gasteiger partial charge on any atom is 0.161 e. The number of benzene rings is 1. The Morgan fingerprint density at radius 2 is 1.71 bits per heavy atom. The lowest BCUT2D eigenvalue weighted by molar-refractivity contribution is -0.00960. The van der Waals surface area contributed by atoms with Crippen molar-refractivity contribution in [3.05, 3.63) is 23.8 Å². The summed E-state index contributed by atoms with van der Waals surface area (Å²) in [4.78, 5) is 0. The van der Waals surface area contributed by atoms with Gasteiger partial charge in [-0.2, -0.15) is 0 Å². The van der Waals surface area contributed by atoms with Crippen LogP contribution < -0.4 is 9.47 Å². The molecule has 1 heterocycles. The van der Waals surface area contributed by atoms with Crippen molar-refractivity contribution >= 4 is 0 Å². The predicted molar refractivity (Wildman–Crippen MR) is 63.2 cm³/mol. The molecule has 0 aromatic heterocycles. The van der Waals surface area contributed by atoms with Crippen LogP contribution >= 0.6 is 0 Å². The van der Waals surface area contributed by atoms with Crippen molar-refractivity contribution in [2.75, 3.05) is 13.2 Å². The van der Waals surface area contributed by atoms with Gasteiger partial charge in [0.2, 0.25) is 0 Å². The Kier molecular flexibility index (Phi) is 3.54. The Morgan fingerprint density at radius 3 is 2.35 bits per heavy atom. The minimum Gasteiger partial charge on any atom is -0.486 e. The summed E-state index contributed by atoms with van der Waals surface area (Å²) in [5.41, 5.74) is 0.649. The number of fused-ring (bicyclic) bond motifs is 1. The highest BCUT2D eigenvalue weighted by atomic mass is 16.6. The summed E-state index contributed by atoms with van der Waals surface area (Å²) in [5.74, 6) is 1.31. The van der Waals surface area contributed by atoms with Crippen LogP contribution in [0, 0.1) is 5.92 Å². The smallest absolute Gasteiger partial charge is 0.161 e. The topological polar surface area (TPSA) is 58.9 Å². The highest BCUT2D eigenvalue weighted by molar-refractivity contribution is 5.44. The summed E-state index contributed by atoms with van der Waals surface area (Å²) in [6.07, 6.45) is -1.68. The number of aliphatic hydroxyl groups excluding tert-OH is 2. The maximum atomic E-state index is 10.0. The van der Waals surface area contributed by atoms with Gasteiger partial charge in [-0.15, -0.1) is 0 Å². The van der Waals surface area contributed by atoms with Crippen molar-refractivity contribution in [2.45, 2.75) is 26.1 Å². The normalized spacial score (nSPS) is 17.9. The molecule has 0 saturated carbocycles. The van der Waals surface area contributed by atoms with E-state index in [1.165, 1.54) is 0 Å². The summed E-state index contributed by atoms with van der Waals surface area (Å²) in [6.45, 7) is 4.79. The summed E-state index contributed by atoms with van der Waals surface area (Å²) in [7, 11) is 0. The first-order chi connectivity index (χ1) is 8.09. The SMILES string of the molecule is CC(C)C(O)C(O)c1ccc2c(c1)OCCO2. The zero-order chi connectivity index (χ0) is 12.4. The zero-order valence-electron chi connectivity index (χ0n) is 10.1. The number of ether oxygens (including phenoxy) is 2. The number of hydrogen-bond acceptors (Lipinski definition) is 4. The molecule has 4 heteroatoms. The number of aliphatic hydroxyl groups is 2. The first-order valence-electron chi connectivity index (χ1n) is 5.85. The molecule has 2 atom stereocenters. The molecular formula is C13H18O4. The fraction of sp³-hybridized carbons (Fsp3) is 0.538. The van der Waals surface area contributed by atoms with Gasteiger partial charge in [-0.25, -0.2) is 0 Å². The summed E-state index contributed by atoms with van der Waals surface area (Å²) < 4.78 is 10.8. The summed E-state index contributed by atoms with van der Waals surface area (Å²) in [6, 6.07) is 5.24. The lowest BCUT2D eigenvalue weighted by Crippen LogP contribution is -2.24. The molecule has 0 bridgehead atoms. The fourth-order valence-electron chi connectivity index (χ4n) is 1.81. The van der Waals surface area contributed by atoms with Crippen molar-refractivity contribution in [1.82, 2.24) is 0 Å². The van der Waals surface area contributed by atoms with Crippen LogP contribution in [0.15, 0.2) is 18.2 Å². The average Bonchev–Trinajstić information content (AvgIpc) is 2.36. The van der Waals surface area contributed by atoms with Crippen molar-refractivity contribution in [1.29, 1.82) is 0 Å². The van der Waals surface area contributed by atoms with Crippen LogP contribution in [-0.4, -0.2) is 29.5 Å². The van der Waals surface area contributed by atoms with Gasteiger partial charge in [0.1, 0.15) is 19.3 Å². The molecule has 0 spiro atoms. The molecule has 1 aliphatic rings. The maximum absolute atomic E-state index is 10.0. The number of hydrogen-bond donors (Lipinski definition) is 2. The summed E-state index contributed by atoms with van der Waals surface area (Å²) in [5, 5.41) is 19.8. The van der Waals surface area contributed by atoms with Gasteiger partial charge in [0, 0.05) is 0 Å². The molecule has 17 heavy (non-hydrogen) atoms. The van der Waals surface area contributed by atoms with Gasteiger partial charge in [0.25, 0.3) is 0 Å². The largest absolute Gasteiger partial charge is 0.486 e. The molecule has 1 aromatic carbocycles. The Morgan fingerprint density at radius 1 is 1.06 bits per heavy atom. The van der Waals surface area contributed by atoms with Crippen LogP contribution in [0.1, 0.15) is 25.5 Å². The molecule has 1 aromatic rings. The van der Waals surface area contributed by atoms with E-state index in [0.29, 0.717) is 30.3 Å². The van der Waals surface area contributed by atoms with Crippen molar-refractivity contribution in [2.24, 2.45) is 5.92 Å². The third kappa shape index (κ3) is 2.53. The number of rotatable bonds is 3. The monoisotopic (exact) mass is 238 g/mol. The molecular weight excluding hydrogens is 220 g/mol. The van der Waals surface area contributed by atoms with E-state index >= 15 is 0 Å². The van der Waals surface area contributed by atoms with Crippen LogP contribution in [0.2, 0.25) is 0 Å². The molecule has 2 unspecified atom stereocenters. The van der Waals surface area contributed by atoms with Crippen molar-refractivity contribution in [3.63, 3.8) is 0 Å². The molecule has 0 fully saturated rings. The molecule has 4 nitrogen and oxygen atoms in total. The van der Waals surface area contributed by atoms with E-state index in [2.05, 4.69) is 0 Å². The van der Waals surface area contributed by atoms with E-state index in [4.69, 9.17) is 9.47 Å². The van der Waals surface area contributed by atoms with Gasteiger partial charge in [0.05, 0.1) is 6.10 Å². The quantitative estimate of drug-likeness (QED) is 0.838. The zero-order valence-corrected chi connectivity index (χ0v) is 10.1. The van der Waals surface area contributed by atoms with Crippen LogP contribution in [-0.2, 0) is 0 Å². The predicted octanol–water partition coefficient (Wildman–Crippen LogP) is 1.51. The Bertz CT molecular complexity index is 389. The third-order valence-corrected chi connectivity index (χ3v) is 2.91. The van der Waals surface area contributed by atoms with Crippen molar-refractivity contribution in [3.8, 4) is 11.5 Å². The Labute approximate surface area is 101 Å². The highest BCUT2D eigenvalue weighted by Crippen LogP contribution is 2.34. The first kappa shape index (κ1) is 12.2. The van der Waals surface area contributed by atoms with Gasteiger partial charge in [-0.05, 0) is 23.6 Å². The molecule has 2 rings (SSSR count). The molecule has 94 valence electrons. The van der Waals surface area contributed by atoms with Crippen molar-refractivity contribution < 1.29 is 19.7 Å². The second-order valence-corrected chi connectivity index (χ2v) is 4.58. The summed E-state index contributed by atoms with van der Waals surface area (Å²) >= 11 is 0. The lowest BCUT2D eigenvalue weighted by atomic mass is 9.96. The standard InChI is InChI=1S/C13H18O4/c1-8(2)12(14)13(15)9-3-4-10-11(7-9)17-6-5-16-10/h3-4,7-8,12-15H,5-6H2,1-2H3. The second-order valence-electron chi connectivity index (χ2n) is 4.58. The van der Waals surface area contributed by atoms with Gasteiger partial charge in [-0.1, -0.05) is 19.9 Å². The lowest BCUT2D eigenvalue weighted by Gasteiger charge is -2.24. The van der Waals surface area contributed by atoms with E-state index in [1.54, 1.807) is 18.2 Å². The average molecular weight is 238 g/mol. The highest BCUT2D eigenvalue weighted by Gasteiger charge is 2.23. The Hall–Kier alpha value is -1.26. The minimum absolute atomic E-state index is 0.00167. The van der Waals surface area contributed by atoms with E-state index in [1.807, 2.05) is 13.8 Å². The second kappa shape index (κ2) is 4.94. The van der Waals surface area contributed by atoms with Crippen LogP contribution in [0.4, 0.5) is 0 Å². The van der Waals surface area contributed by atoms with E-state index in [9.17, 15) is 10.2 Å². The third-order valence-electron chi connectivity index (χ3n) is 2.91. The molecule has 0 saturated heterocycles. The molecule has 2 N–H and O–H groups in total. The van der Waals surface area contributed by atoms with Gasteiger partial charge < -0.3 is 19.7 Å². The van der Waals surface area contributed by atoms with Gasteiger partial charge in [-0.3, -0.25) is 0 Å². The Balaban J connectivity index is 2.21. The molecule has 1 aliphatic heterocycles. The van der Waals surface area contributed by atoms with Gasteiger partial charge >= 0.3 is 0 Å². The fourth-order valence-corrected chi connectivity index (χ4v) is 1.81. The van der Waals surface area contributed by atoms with E-state index in [0.717, 1.165) is 0 Å². The minimum atomic E-state index is -0.897. The van der Waals surface area contributed by atoms with E-state index in [-0.39, 0.29) is 5.92 Å². The van der Waals surface area contributed by atoms with Gasteiger partial charge in [0.15, 0.2) is 11.5 Å². The molecule has 0 aliphatic carbocycles. The van der Waals surface area contributed by atoms with Crippen LogP contribution in [0.3, 0.4) is 0 Å². The molecule has 0 amide bonds.